The Morgan fingerprint density at radius 1 is 1.45 bits per heavy atom. The van der Waals surface area contributed by atoms with Gasteiger partial charge in [0.2, 0.25) is 0 Å². The Labute approximate surface area is 129 Å². The van der Waals surface area contributed by atoms with E-state index in [0.29, 0.717) is 32.6 Å². The van der Waals surface area contributed by atoms with E-state index in [9.17, 15) is 5.11 Å². The van der Waals surface area contributed by atoms with Crippen LogP contribution in [0.4, 0.5) is 0 Å². The van der Waals surface area contributed by atoms with Crippen LogP contribution in [0.3, 0.4) is 0 Å². The Bertz CT molecular complexity index is 456. The van der Waals surface area contributed by atoms with Crippen molar-refractivity contribution in [2.24, 2.45) is 0 Å². The molecule has 0 atom stereocenters. The van der Waals surface area contributed by atoms with Crippen LogP contribution in [-0.4, -0.2) is 52.2 Å². The van der Waals surface area contributed by atoms with E-state index in [2.05, 4.69) is 32.9 Å². The summed E-state index contributed by atoms with van der Waals surface area (Å²) in [4.78, 5) is 2.17. The Kier molecular flexibility index (Phi) is 5.23. The van der Waals surface area contributed by atoms with Crippen molar-refractivity contribution in [3.8, 4) is 0 Å². The van der Waals surface area contributed by atoms with Crippen molar-refractivity contribution >= 4 is 15.9 Å². The molecule has 1 N–H and O–H groups in total. The van der Waals surface area contributed by atoms with Crippen LogP contribution >= 0.6 is 15.9 Å². The maximum absolute atomic E-state index is 10.6. The van der Waals surface area contributed by atoms with Crippen LogP contribution in [-0.2, 0) is 17.8 Å². The van der Waals surface area contributed by atoms with Gasteiger partial charge in [0.05, 0.1) is 21.5 Å². The van der Waals surface area contributed by atoms with E-state index in [4.69, 9.17) is 4.74 Å². The van der Waals surface area contributed by atoms with Crippen molar-refractivity contribution in [1.82, 2.24) is 14.7 Å². The molecule has 114 valence electrons. The molecule has 1 aromatic heterocycles. The normalized spacial score (nSPS) is 18.7. The zero-order valence-corrected chi connectivity index (χ0v) is 14.1. The summed E-state index contributed by atoms with van der Waals surface area (Å²) >= 11 is 3.62. The molecule has 1 aliphatic rings. The Hall–Kier alpha value is -0.430. The van der Waals surface area contributed by atoms with Gasteiger partial charge in [0.25, 0.3) is 0 Å². The molecule has 1 fully saturated rings. The van der Waals surface area contributed by atoms with Crippen LogP contribution in [0.1, 0.15) is 31.2 Å². The number of ether oxygens (including phenoxy) is 1. The van der Waals surface area contributed by atoms with Gasteiger partial charge in [0.1, 0.15) is 0 Å². The van der Waals surface area contributed by atoms with E-state index in [1.165, 1.54) is 5.69 Å². The number of nitrogens with zero attached hydrogens (tertiary/aromatic N) is 3. The molecule has 0 unspecified atom stereocenters. The van der Waals surface area contributed by atoms with Gasteiger partial charge >= 0.3 is 0 Å². The van der Waals surface area contributed by atoms with Crippen molar-refractivity contribution in [2.75, 3.05) is 26.8 Å². The van der Waals surface area contributed by atoms with E-state index in [0.717, 1.165) is 23.3 Å². The molecule has 5 nitrogen and oxygen atoms in total. The highest BCUT2D eigenvalue weighted by Gasteiger charge is 2.31. The first-order valence-corrected chi connectivity index (χ1v) is 7.95. The van der Waals surface area contributed by atoms with Gasteiger partial charge in [-0.3, -0.25) is 9.58 Å². The molecule has 0 saturated carbocycles. The third kappa shape index (κ3) is 3.61. The highest BCUT2D eigenvalue weighted by molar-refractivity contribution is 9.10. The summed E-state index contributed by atoms with van der Waals surface area (Å²) in [5.41, 5.74) is 1.56. The fourth-order valence-electron chi connectivity index (χ4n) is 2.74. The first-order valence-electron chi connectivity index (χ1n) is 7.15. The Balaban J connectivity index is 2.02. The predicted molar refractivity (Wildman–Crippen MR) is 81.7 cm³/mol. The third-order valence-electron chi connectivity index (χ3n) is 3.86. The maximum atomic E-state index is 10.6. The number of halogens is 1. The third-order valence-corrected chi connectivity index (χ3v) is 4.89. The molecule has 2 heterocycles. The first kappa shape index (κ1) is 15.9. The zero-order chi connectivity index (χ0) is 14.8. The van der Waals surface area contributed by atoms with Crippen LogP contribution in [0, 0.1) is 6.92 Å². The lowest BCUT2D eigenvalue weighted by Gasteiger charge is -2.35. The second-order valence-corrected chi connectivity index (χ2v) is 6.46. The minimum absolute atomic E-state index is 0.619. The van der Waals surface area contributed by atoms with Gasteiger partial charge in [0.15, 0.2) is 0 Å². The molecule has 1 saturated heterocycles. The van der Waals surface area contributed by atoms with Crippen LogP contribution in [0.25, 0.3) is 0 Å². The van der Waals surface area contributed by atoms with Crippen LogP contribution in [0.5, 0.6) is 0 Å². The van der Waals surface area contributed by atoms with Gasteiger partial charge in [-0.05, 0) is 36.8 Å². The van der Waals surface area contributed by atoms with Gasteiger partial charge in [0, 0.05) is 45.7 Å². The topological polar surface area (TPSA) is 50.5 Å². The first-order chi connectivity index (χ1) is 9.45. The molecular weight excluding hydrogens is 322 g/mol. The Morgan fingerprint density at radius 2 is 2.10 bits per heavy atom. The van der Waals surface area contributed by atoms with Gasteiger partial charge in [-0.2, -0.15) is 5.10 Å². The van der Waals surface area contributed by atoms with Gasteiger partial charge < -0.3 is 9.84 Å². The molecule has 0 aromatic carbocycles. The molecule has 6 heteroatoms. The number of hydrogen-bond donors (Lipinski definition) is 1. The molecule has 0 aliphatic carbocycles. The molecule has 1 aromatic rings. The highest BCUT2D eigenvalue weighted by Crippen LogP contribution is 2.25. The molecule has 1 aliphatic heterocycles. The van der Waals surface area contributed by atoms with E-state index in [1.54, 1.807) is 0 Å². The van der Waals surface area contributed by atoms with Crippen LogP contribution in [0.15, 0.2) is 4.47 Å². The predicted octanol–water partition coefficient (Wildman–Crippen LogP) is 1.95. The summed E-state index contributed by atoms with van der Waals surface area (Å²) in [6.45, 7) is 7.70. The number of aromatic nitrogens is 2. The average molecular weight is 346 g/mol. The van der Waals surface area contributed by atoms with E-state index < -0.39 is 5.60 Å². The average Bonchev–Trinajstić information content (AvgIpc) is 2.66. The molecular formula is C14H24BrN3O2. The fraction of sp³-hybridized carbons (Fsp3) is 0.786. The van der Waals surface area contributed by atoms with Crippen molar-refractivity contribution in [3.63, 3.8) is 0 Å². The maximum Gasteiger partial charge on any atom is 0.0817 e. The number of aryl methyl sites for hydroxylation is 2. The van der Waals surface area contributed by atoms with E-state index in [1.807, 2.05) is 18.7 Å². The van der Waals surface area contributed by atoms with Crippen molar-refractivity contribution in [2.45, 2.75) is 45.4 Å². The smallest absolute Gasteiger partial charge is 0.0817 e. The lowest BCUT2D eigenvalue weighted by Crippen LogP contribution is -2.45. The standard InChI is InChI=1S/C14H24BrN3O2/c1-4-18-12(13(15)11(2)16-18)9-17(3)10-14(19)5-7-20-8-6-14/h19H,4-10H2,1-3H3. The number of rotatable bonds is 5. The number of hydrogen-bond acceptors (Lipinski definition) is 4. The number of likely N-dealkylation sites (N-methyl/N-ethyl adjacent to an activating group) is 1. The monoisotopic (exact) mass is 345 g/mol. The Morgan fingerprint density at radius 3 is 2.70 bits per heavy atom. The van der Waals surface area contributed by atoms with Crippen molar-refractivity contribution in [3.05, 3.63) is 15.9 Å². The molecule has 0 spiro atoms. The molecule has 0 radical (unpaired) electrons. The zero-order valence-electron chi connectivity index (χ0n) is 12.5. The summed E-state index contributed by atoms with van der Waals surface area (Å²) in [5, 5.41) is 15.1. The fourth-order valence-corrected chi connectivity index (χ4v) is 3.15. The lowest BCUT2D eigenvalue weighted by molar-refractivity contribution is -0.0779. The van der Waals surface area contributed by atoms with Gasteiger partial charge in [-0.15, -0.1) is 0 Å². The quantitative estimate of drug-likeness (QED) is 0.886. The van der Waals surface area contributed by atoms with Gasteiger partial charge in [-0.1, -0.05) is 0 Å². The molecule has 0 bridgehead atoms. The van der Waals surface area contributed by atoms with E-state index in [-0.39, 0.29) is 0 Å². The second-order valence-electron chi connectivity index (χ2n) is 5.67. The largest absolute Gasteiger partial charge is 0.388 e. The summed E-state index contributed by atoms with van der Waals surface area (Å²) in [6, 6.07) is 0. The summed E-state index contributed by atoms with van der Waals surface area (Å²) in [6.07, 6.45) is 1.43. The summed E-state index contributed by atoms with van der Waals surface area (Å²) < 4.78 is 8.42. The highest BCUT2D eigenvalue weighted by atomic mass is 79.9. The van der Waals surface area contributed by atoms with Crippen LogP contribution in [0.2, 0.25) is 0 Å². The summed E-state index contributed by atoms with van der Waals surface area (Å²) in [5.74, 6) is 0. The number of aliphatic hydroxyl groups is 1. The summed E-state index contributed by atoms with van der Waals surface area (Å²) in [7, 11) is 2.04. The second kappa shape index (κ2) is 6.56. The SMILES string of the molecule is CCn1nc(C)c(Br)c1CN(C)CC1(O)CCOCC1. The van der Waals surface area contributed by atoms with Crippen LogP contribution < -0.4 is 0 Å². The minimum atomic E-state index is -0.619. The van der Waals surface area contributed by atoms with Crippen molar-refractivity contribution in [1.29, 1.82) is 0 Å². The van der Waals surface area contributed by atoms with E-state index >= 15 is 0 Å². The lowest BCUT2D eigenvalue weighted by atomic mass is 9.94. The minimum Gasteiger partial charge on any atom is -0.388 e. The van der Waals surface area contributed by atoms with Crippen molar-refractivity contribution < 1.29 is 9.84 Å². The van der Waals surface area contributed by atoms with Gasteiger partial charge in [-0.25, -0.2) is 0 Å². The molecule has 20 heavy (non-hydrogen) atoms. The molecule has 0 amide bonds. The molecule has 2 rings (SSSR count).